The zero-order chi connectivity index (χ0) is 23.0. The molecule has 2 aromatic rings. The van der Waals surface area contributed by atoms with Gasteiger partial charge in [-0.2, -0.15) is 0 Å². The maximum absolute atomic E-state index is 13.8. The number of hydrogen-bond acceptors (Lipinski definition) is 8. The number of sulfone groups is 1. The summed E-state index contributed by atoms with van der Waals surface area (Å²) in [7, 11) is -3.31. The first-order valence-electron chi connectivity index (χ1n) is 9.98. The topological polar surface area (TPSA) is 88.9 Å². The number of allylic oxidation sites excluding steroid dienone is 1. The van der Waals surface area contributed by atoms with Gasteiger partial charge >= 0.3 is 5.97 Å². The summed E-state index contributed by atoms with van der Waals surface area (Å²) in [6.07, 6.45) is 3.40. The molecule has 1 aromatic carbocycles. The van der Waals surface area contributed by atoms with Crippen molar-refractivity contribution in [2.24, 2.45) is 10.9 Å². The van der Waals surface area contributed by atoms with E-state index in [1.165, 1.54) is 29.7 Å². The van der Waals surface area contributed by atoms with E-state index in [1.807, 2.05) is 10.3 Å². The van der Waals surface area contributed by atoms with Crippen LogP contribution in [0.4, 0.5) is 4.39 Å². The van der Waals surface area contributed by atoms with E-state index >= 15 is 0 Å². The molecule has 2 atom stereocenters. The molecule has 4 rings (SSSR count). The number of esters is 1. The van der Waals surface area contributed by atoms with Crippen molar-refractivity contribution in [3.8, 4) is 0 Å². The minimum Gasteiger partial charge on any atom is -0.463 e. The Bertz CT molecular complexity index is 1210. The Morgan fingerprint density at radius 1 is 1.41 bits per heavy atom. The quantitative estimate of drug-likeness (QED) is 0.517. The van der Waals surface area contributed by atoms with E-state index in [1.54, 1.807) is 19.2 Å². The molecule has 1 fully saturated rings. The van der Waals surface area contributed by atoms with Crippen molar-refractivity contribution in [3.63, 3.8) is 0 Å². The molecule has 0 bridgehead atoms. The number of carbonyl (C=O) groups excluding carboxylic acids is 1. The van der Waals surface area contributed by atoms with E-state index in [0.717, 1.165) is 0 Å². The molecule has 0 saturated carbocycles. The Morgan fingerprint density at radius 3 is 2.81 bits per heavy atom. The lowest BCUT2D eigenvalue weighted by atomic mass is 9.91. The average molecular weight is 542 g/mol. The third-order valence-corrected chi connectivity index (χ3v) is 7.78. The van der Waals surface area contributed by atoms with Gasteiger partial charge in [-0.3, -0.25) is 4.99 Å². The Morgan fingerprint density at radius 2 is 2.19 bits per heavy atom. The molecule has 0 amide bonds. The summed E-state index contributed by atoms with van der Waals surface area (Å²) in [4.78, 5) is 24.3. The monoisotopic (exact) mass is 541 g/mol. The number of rotatable bonds is 6. The number of thiazole rings is 1. The zero-order valence-electron chi connectivity index (χ0n) is 17.4. The standard InChI is InChI=1S/C21H21BrFN3O4S2/c1-3-30-21(27)16-17(14-5-4-13(23)10-15(14)22)25-19(20-24-7-9-31-20)26-8-6-12(18(16)26)11-32(2,28)29/h4-5,7,9-10,12,17H,3,6,8,11H2,1-2H3/t12-,17+/m1/s1. The largest absolute Gasteiger partial charge is 0.463 e. The molecule has 0 aliphatic carbocycles. The van der Waals surface area contributed by atoms with Gasteiger partial charge in [0.1, 0.15) is 21.7 Å². The molecule has 0 spiro atoms. The Hall–Kier alpha value is -2.11. The van der Waals surface area contributed by atoms with Crippen molar-refractivity contribution in [2.75, 3.05) is 25.2 Å². The predicted molar refractivity (Wildman–Crippen MR) is 124 cm³/mol. The van der Waals surface area contributed by atoms with Crippen molar-refractivity contribution in [1.29, 1.82) is 0 Å². The van der Waals surface area contributed by atoms with Crippen LogP contribution in [0.5, 0.6) is 0 Å². The number of carbonyl (C=O) groups is 1. The van der Waals surface area contributed by atoms with Gasteiger partial charge in [0.15, 0.2) is 10.8 Å². The minimum atomic E-state index is -3.31. The molecule has 32 heavy (non-hydrogen) atoms. The molecule has 7 nitrogen and oxygen atoms in total. The SMILES string of the molecule is CCOC(=O)C1=C2[C@@H](CS(C)(=O)=O)CCN2C(c2nccs2)=N[C@H]1c1ccc(F)cc1Br. The summed E-state index contributed by atoms with van der Waals surface area (Å²) in [6, 6.07) is 3.40. The van der Waals surface area contributed by atoms with Crippen LogP contribution in [0.1, 0.15) is 30.0 Å². The molecule has 1 aromatic heterocycles. The molecule has 0 N–H and O–H groups in total. The van der Waals surface area contributed by atoms with Gasteiger partial charge in [-0.25, -0.2) is 22.6 Å². The van der Waals surface area contributed by atoms with Crippen LogP contribution in [-0.2, 0) is 19.4 Å². The number of ether oxygens (including phenoxy) is 1. The Balaban J connectivity index is 1.95. The Kier molecular flexibility index (Phi) is 6.51. The highest BCUT2D eigenvalue weighted by Crippen LogP contribution is 2.45. The zero-order valence-corrected chi connectivity index (χ0v) is 20.6. The van der Waals surface area contributed by atoms with Crippen molar-refractivity contribution in [1.82, 2.24) is 9.88 Å². The first kappa shape index (κ1) is 23.1. The van der Waals surface area contributed by atoms with Crippen LogP contribution in [0.3, 0.4) is 0 Å². The number of halogens is 2. The van der Waals surface area contributed by atoms with Gasteiger partial charge in [0.05, 0.1) is 17.9 Å². The molecule has 2 aliphatic rings. The minimum absolute atomic E-state index is 0.0931. The number of aliphatic imine (C=N–C) groups is 1. The van der Waals surface area contributed by atoms with E-state index in [9.17, 15) is 17.6 Å². The second-order valence-corrected chi connectivity index (χ2v) is 11.5. The second kappa shape index (κ2) is 9.03. The van der Waals surface area contributed by atoms with Crippen LogP contribution in [0.25, 0.3) is 0 Å². The van der Waals surface area contributed by atoms with Gasteiger partial charge in [0.2, 0.25) is 0 Å². The number of aromatic nitrogens is 1. The van der Waals surface area contributed by atoms with E-state index < -0.39 is 33.6 Å². The van der Waals surface area contributed by atoms with Gasteiger partial charge in [-0.1, -0.05) is 22.0 Å². The number of fused-ring (bicyclic) bond motifs is 1. The smallest absolute Gasteiger partial charge is 0.338 e. The van der Waals surface area contributed by atoms with Crippen LogP contribution in [0.2, 0.25) is 0 Å². The number of hydrogen-bond donors (Lipinski definition) is 0. The average Bonchev–Trinajstić information content (AvgIpc) is 3.37. The number of amidine groups is 1. The first-order valence-corrected chi connectivity index (χ1v) is 13.7. The molecule has 1 saturated heterocycles. The Labute approximate surface area is 198 Å². The molecule has 3 heterocycles. The predicted octanol–water partition coefficient (Wildman–Crippen LogP) is 3.73. The van der Waals surface area contributed by atoms with Crippen LogP contribution in [0, 0.1) is 11.7 Å². The van der Waals surface area contributed by atoms with E-state index in [0.29, 0.717) is 39.5 Å². The van der Waals surface area contributed by atoms with Crippen LogP contribution in [0.15, 0.2) is 50.5 Å². The summed E-state index contributed by atoms with van der Waals surface area (Å²) in [6.45, 7) is 2.38. The molecule has 0 radical (unpaired) electrons. The van der Waals surface area contributed by atoms with Crippen LogP contribution in [-0.4, -0.2) is 55.3 Å². The molecular formula is C21H21BrFN3O4S2. The fourth-order valence-corrected chi connectivity index (χ4v) is 6.41. The summed E-state index contributed by atoms with van der Waals surface area (Å²) in [5.74, 6) is -0.902. The van der Waals surface area contributed by atoms with E-state index in [2.05, 4.69) is 20.9 Å². The lowest BCUT2D eigenvalue weighted by molar-refractivity contribution is -0.139. The fourth-order valence-electron chi connectivity index (χ4n) is 4.15. The van der Waals surface area contributed by atoms with Gasteiger partial charge in [0.25, 0.3) is 0 Å². The van der Waals surface area contributed by atoms with Crippen LogP contribution < -0.4 is 0 Å². The first-order chi connectivity index (χ1) is 15.2. The van der Waals surface area contributed by atoms with Gasteiger partial charge < -0.3 is 9.64 Å². The third-order valence-electron chi connectivity index (χ3n) is 5.32. The number of nitrogens with zero attached hydrogens (tertiary/aromatic N) is 3. The lowest BCUT2D eigenvalue weighted by Gasteiger charge is -2.33. The van der Waals surface area contributed by atoms with Gasteiger partial charge in [-0.15, -0.1) is 11.3 Å². The fraction of sp³-hybridized carbons (Fsp3) is 0.381. The summed E-state index contributed by atoms with van der Waals surface area (Å²) < 4.78 is 44.0. The highest BCUT2D eigenvalue weighted by atomic mass is 79.9. The van der Waals surface area contributed by atoms with Crippen molar-refractivity contribution in [2.45, 2.75) is 19.4 Å². The maximum atomic E-state index is 13.8. The van der Waals surface area contributed by atoms with Gasteiger partial charge in [-0.05, 0) is 31.0 Å². The van der Waals surface area contributed by atoms with Crippen molar-refractivity contribution >= 4 is 48.9 Å². The third kappa shape index (κ3) is 4.51. The maximum Gasteiger partial charge on any atom is 0.338 e. The lowest BCUT2D eigenvalue weighted by Crippen LogP contribution is -2.37. The highest BCUT2D eigenvalue weighted by molar-refractivity contribution is 9.10. The number of benzene rings is 1. The summed E-state index contributed by atoms with van der Waals surface area (Å²) in [5.41, 5.74) is 1.46. The molecule has 0 unspecified atom stereocenters. The summed E-state index contributed by atoms with van der Waals surface area (Å²) in [5, 5.41) is 2.49. The van der Waals surface area contributed by atoms with Crippen molar-refractivity contribution in [3.05, 3.63) is 61.9 Å². The van der Waals surface area contributed by atoms with Crippen molar-refractivity contribution < 1.29 is 22.3 Å². The van der Waals surface area contributed by atoms with Crippen LogP contribution >= 0.6 is 27.3 Å². The second-order valence-electron chi connectivity index (χ2n) is 7.61. The van der Waals surface area contributed by atoms with E-state index in [-0.39, 0.29) is 17.9 Å². The van der Waals surface area contributed by atoms with E-state index in [4.69, 9.17) is 9.73 Å². The normalized spacial score (nSPS) is 20.9. The molecule has 11 heteroatoms. The molecule has 2 aliphatic heterocycles. The highest BCUT2D eigenvalue weighted by Gasteiger charge is 2.44. The summed E-state index contributed by atoms with van der Waals surface area (Å²) >= 11 is 4.80. The van der Waals surface area contributed by atoms with Gasteiger partial charge in [0, 0.05) is 40.5 Å². The molecular weight excluding hydrogens is 521 g/mol. The molecule has 170 valence electrons.